The Hall–Kier alpha value is -1.07. The molecule has 0 radical (unpaired) electrons. The third-order valence-corrected chi connectivity index (χ3v) is 3.18. The first-order chi connectivity index (χ1) is 8.56. The van der Waals surface area contributed by atoms with Gasteiger partial charge in [-0.3, -0.25) is 0 Å². The van der Waals surface area contributed by atoms with Gasteiger partial charge in [0.05, 0.1) is 6.42 Å². The van der Waals surface area contributed by atoms with Crippen LogP contribution in [0.25, 0.3) is 0 Å². The predicted octanol–water partition coefficient (Wildman–Crippen LogP) is 2.42. The number of alkyl halides is 3. The summed E-state index contributed by atoms with van der Waals surface area (Å²) in [7, 11) is 0. The van der Waals surface area contributed by atoms with E-state index in [1.807, 2.05) is 12.1 Å². The number of benzene rings is 1. The van der Waals surface area contributed by atoms with Crippen molar-refractivity contribution in [1.29, 1.82) is 0 Å². The second-order valence-corrected chi connectivity index (χ2v) is 4.60. The number of hydrogen-bond donors (Lipinski definition) is 2. The Morgan fingerprint density at radius 2 is 2.06 bits per heavy atom. The average molecular weight is 258 g/mol. The Morgan fingerprint density at radius 1 is 1.28 bits per heavy atom. The van der Waals surface area contributed by atoms with Crippen molar-refractivity contribution in [2.75, 3.05) is 19.6 Å². The third kappa shape index (κ3) is 3.71. The van der Waals surface area contributed by atoms with E-state index in [-0.39, 0.29) is 12.5 Å². The second kappa shape index (κ2) is 5.71. The zero-order valence-electron chi connectivity index (χ0n) is 10.1. The highest BCUT2D eigenvalue weighted by Crippen LogP contribution is 2.23. The van der Waals surface area contributed by atoms with E-state index in [1.165, 1.54) is 11.1 Å². The first-order valence-corrected chi connectivity index (χ1v) is 6.12. The number of nitrogens with one attached hydrogen (secondary N) is 2. The van der Waals surface area contributed by atoms with Gasteiger partial charge < -0.3 is 10.6 Å². The Labute approximate surface area is 105 Å². The van der Waals surface area contributed by atoms with Crippen LogP contribution in [0.3, 0.4) is 0 Å². The molecular formula is C13H17F3N2. The maximum Gasteiger partial charge on any atom is 0.390 e. The van der Waals surface area contributed by atoms with Crippen molar-refractivity contribution in [2.24, 2.45) is 0 Å². The molecule has 0 saturated heterocycles. The van der Waals surface area contributed by atoms with E-state index in [0.29, 0.717) is 6.54 Å². The molecule has 0 bridgehead atoms. The highest BCUT2D eigenvalue weighted by molar-refractivity contribution is 5.32. The molecule has 2 nitrogen and oxygen atoms in total. The summed E-state index contributed by atoms with van der Waals surface area (Å²) in [6.45, 7) is 2.23. The molecule has 0 fully saturated rings. The van der Waals surface area contributed by atoms with Crippen LogP contribution in [0.2, 0.25) is 0 Å². The zero-order chi connectivity index (χ0) is 13.0. The summed E-state index contributed by atoms with van der Waals surface area (Å²) < 4.78 is 36.0. The normalized spacial score (nSPS) is 19.6. The molecule has 1 unspecified atom stereocenters. The number of fused-ring (bicyclic) bond motifs is 1. The van der Waals surface area contributed by atoms with Gasteiger partial charge in [-0.05, 0) is 11.1 Å². The van der Waals surface area contributed by atoms with Crippen molar-refractivity contribution in [3.05, 3.63) is 35.4 Å². The summed E-state index contributed by atoms with van der Waals surface area (Å²) in [4.78, 5) is 0. The standard InChI is InChI=1S/C13H17F3N2/c14-13(15,16)5-6-17-8-11-9-18-7-10-3-1-2-4-12(10)11/h1-4,11,17-18H,5-9H2. The highest BCUT2D eigenvalue weighted by atomic mass is 19.4. The van der Waals surface area contributed by atoms with Crippen LogP contribution in [-0.2, 0) is 6.54 Å². The fourth-order valence-corrected chi connectivity index (χ4v) is 2.27. The molecule has 1 atom stereocenters. The SMILES string of the molecule is FC(F)(F)CCNCC1CNCc2ccccc21. The van der Waals surface area contributed by atoms with Crippen LogP contribution in [-0.4, -0.2) is 25.8 Å². The molecule has 2 N–H and O–H groups in total. The second-order valence-electron chi connectivity index (χ2n) is 4.60. The fourth-order valence-electron chi connectivity index (χ4n) is 2.27. The lowest BCUT2D eigenvalue weighted by Gasteiger charge is -2.26. The lowest BCUT2D eigenvalue weighted by Crippen LogP contribution is -2.35. The zero-order valence-corrected chi connectivity index (χ0v) is 10.1. The molecule has 1 aliphatic heterocycles. The summed E-state index contributed by atoms with van der Waals surface area (Å²) in [5.74, 6) is 0.253. The van der Waals surface area contributed by atoms with Crippen molar-refractivity contribution in [3.63, 3.8) is 0 Å². The summed E-state index contributed by atoms with van der Waals surface area (Å²) in [6, 6.07) is 8.09. The van der Waals surface area contributed by atoms with E-state index in [4.69, 9.17) is 0 Å². The summed E-state index contributed by atoms with van der Waals surface area (Å²) in [5, 5.41) is 6.18. The van der Waals surface area contributed by atoms with E-state index in [0.717, 1.165) is 13.1 Å². The lowest BCUT2D eigenvalue weighted by molar-refractivity contribution is -0.133. The Morgan fingerprint density at radius 3 is 2.83 bits per heavy atom. The minimum absolute atomic E-state index is 0.0117. The Balaban J connectivity index is 1.84. The van der Waals surface area contributed by atoms with Crippen LogP contribution in [0.1, 0.15) is 23.5 Å². The van der Waals surface area contributed by atoms with Gasteiger partial charge in [0.1, 0.15) is 0 Å². The van der Waals surface area contributed by atoms with Crippen molar-refractivity contribution < 1.29 is 13.2 Å². The van der Waals surface area contributed by atoms with Crippen LogP contribution in [0.5, 0.6) is 0 Å². The van der Waals surface area contributed by atoms with E-state index < -0.39 is 12.6 Å². The minimum atomic E-state index is -4.07. The Kier molecular flexibility index (Phi) is 4.24. The molecule has 5 heteroatoms. The van der Waals surface area contributed by atoms with Gasteiger partial charge in [0, 0.05) is 32.1 Å². The van der Waals surface area contributed by atoms with Crippen molar-refractivity contribution in [3.8, 4) is 0 Å². The minimum Gasteiger partial charge on any atom is -0.316 e. The molecule has 100 valence electrons. The molecule has 0 spiro atoms. The third-order valence-electron chi connectivity index (χ3n) is 3.18. The first-order valence-electron chi connectivity index (χ1n) is 6.12. The van der Waals surface area contributed by atoms with E-state index in [2.05, 4.69) is 22.8 Å². The molecular weight excluding hydrogens is 241 g/mol. The predicted molar refractivity (Wildman–Crippen MR) is 64.4 cm³/mol. The van der Waals surface area contributed by atoms with Crippen LogP contribution in [0, 0.1) is 0 Å². The van der Waals surface area contributed by atoms with Gasteiger partial charge in [0.2, 0.25) is 0 Å². The molecule has 1 heterocycles. The van der Waals surface area contributed by atoms with Gasteiger partial charge in [-0.25, -0.2) is 0 Å². The van der Waals surface area contributed by atoms with Gasteiger partial charge in [0.15, 0.2) is 0 Å². The number of rotatable bonds is 4. The quantitative estimate of drug-likeness (QED) is 0.810. The average Bonchev–Trinajstić information content (AvgIpc) is 2.33. The maximum atomic E-state index is 12.0. The molecule has 18 heavy (non-hydrogen) atoms. The molecule has 0 amide bonds. The summed E-state index contributed by atoms with van der Waals surface area (Å²) in [6.07, 6.45) is -4.84. The van der Waals surface area contributed by atoms with Gasteiger partial charge in [-0.1, -0.05) is 24.3 Å². The van der Waals surface area contributed by atoms with E-state index in [9.17, 15) is 13.2 Å². The van der Waals surface area contributed by atoms with Crippen LogP contribution < -0.4 is 10.6 Å². The van der Waals surface area contributed by atoms with Crippen LogP contribution in [0.4, 0.5) is 13.2 Å². The molecule has 1 aromatic rings. The van der Waals surface area contributed by atoms with Crippen molar-refractivity contribution in [1.82, 2.24) is 10.6 Å². The monoisotopic (exact) mass is 258 g/mol. The Bertz CT molecular complexity index is 390. The topological polar surface area (TPSA) is 24.1 Å². The molecule has 1 aliphatic rings. The molecule has 0 aromatic heterocycles. The van der Waals surface area contributed by atoms with Gasteiger partial charge in [-0.15, -0.1) is 0 Å². The maximum absolute atomic E-state index is 12.0. The van der Waals surface area contributed by atoms with E-state index in [1.54, 1.807) is 0 Å². The van der Waals surface area contributed by atoms with Crippen molar-refractivity contribution >= 4 is 0 Å². The highest BCUT2D eigenvalue weighted by Gasteiger charge is 2.26. The number of hydrogen-bond acceptors (Lipinski definition) is 2. The number of halogens is 3. The molecule has 0 saturated carbocycles. The van der Waals surface area contributed by atoms with Crippen LogP contribution >= 0.6 is 0 Å². The van der Waals surface area contributed by atoms with Gasteiger partial charge in [0.25, 0.3) is 0 Å². The van der Waals surface area contributed by atoms with Crippen LogP contribution in [0.15, 0.2) is 24.3 Å². The smallest absolute Gasteiger partial charge is 0.316 e. The van der Waals surface area contributed by atoms with Gasteiger partial charge >= 0.3 is 6.18 Å². The first kappa shape index (κ1) is 13.4. The van der Waals surface area contributed by atoms with Gasteiger partial charge in [-0.2, -0.15) is 13.2 Å². The van der Waals surface area contributed by atoms with E-state index >= 15 is 0 Å². The lowest BCUT2D eigenvalue weighted by atomic mass is 9.91. The molecule has 0 aliphatic carbocycles. The summed E-state index contributed by atoms with van der Waals surface area (Å²) in [5.41, 5.74) is 2.49. The molecule has 1 aromatic carbocycles. The molecule has 2 rings (SSSR count). The largest absolute Gasteiger partial charge is 0.390 e. The van der Waals surface area contributed by atoms with Crippen molar-refractivity contribution in [2.45, 2.75) is 25.1 Å². The fraction of sp³-hybridized carbons (Fsp3) is 0.538. The summed E-state index contributed by atoms with van der Waals surface area (Å²) >= 11 is 0.